The molecule has 1 spiro atoms. The number of para-hydroxylation sites is 1. The molecule has 0 aliphatic carbocycles. The fraction of sp³-hybridized carbons (Fsp3) is 0.222. The highest BCUT2D eigenvalue weighted by Gasteiger charge is 2.61. The second-order valence-corrected chi connectivity index (χ2v) is 9.93. The smallest absolute Gasteiger partial charge is 0.269 e. The van der Waals surface area contributed by atoms with E-state index in [1.54, 1.807) is 0 Å². The molecule has 3 aromatic rings. The summed E-state index contributed by atoms with van der Waals surface area (Å²) >= 11 is 1.23. The number of benzene rings is 3. The zero-order valence-electron chi connectivity index (χ0n) is 19.4. The molecule has 0 bridgehead atoms. The van der Waals surface area contributed by atoms with Crippen LogP contribution in [0.3, 0.4) is 0 Å². The summed E-state index contributed by atoms with van der Waals surface area (Å²) in [4.78, 5) is 41.6. The van der Waals surface area contributed by atoms with E-state index < -0.39 is 10.7 Å². The Morgan fingerprint density at radius 2 is 1.74 bits per heavy atom. The van der Waals surface area contributed by atoms with Crippen LogP contribution in [-0.2, 0) is 25.8 Å². The number of aryl methyl sites for hydroxylation is 2. The van der Waals surface area contributed by atoms with Crippen molar-refractivity contribution >= 4 is 40.9 Å². The first-order valence-corrected chi connectivity index (χ1v) is 12.3. The van der Waals surface area contributed by atoms with Crippen molar-refractivity contribution in [2.75, 3.05) is 22.1 Å². The lowest BCUT2D eigenvalue weighted by molar-refractivity contribution is -0.125. The Hall–Kier alpha value is -3.65. The van der Waals surface area contributed by atoms with E-state index in [0.717, 1.165) is 16.7 Å². The number of thioether (sulfide) groups is 1. The maximum absolute atomic E-state index is 14.0. The molecule has 0 aromatic heterocycles. The van der Waals surface area contributed by atoms with E-state index in [9.17, 15) is 18.8 Å². The number of hydrogen-bond acceptors (Lipinski definition) is 4. The third-order valence-corrected chi connectivity index (χ3v) is 7.76. The van der Waals surface area contributed by atoms with Gasteiger partial charge in [-0.05, 0) is 49.2 Å². The minimum Gasteiger partial charge on any atom is -0.350 e. The van der Waals surface area contributed by atoms with Crippen molar-refractivity contribution in [3.05, 3.63) is 94.8 Å². The van der Waals surface area contributed by atoms with Gasteiger partial charge in [-0.3, -0.25) is 24.2 Å². The minimum absolute atomic E-state index is 0.101. The van der Waals surface area contributed by atoms with Crippen LogP contribution in [0.15, 0.2) is 66.7 Å². The van der Waals surface area contributed by atoms with Crippen LogP contribution in [-0.4, -0.2) is 30.0 Å². The lowest BCUT2D eigenvalue weighted by Gasteiger charge is -2.33. The second kappa shape index (κ2) is 8.85. The Labute approximate surface area is 207 Å². The molecule has 3 aromatic carbocycles. The normalized spacial score (nSPS) is 18.9. The number of amides is 3. The molecule has 0 saturated carbocycles. The lowest BCUT2D eigenvalue weighted by atomic mass is 10.0. The standard InChI is InChI=1S/C27H24FN3O3S/c1-17-6-8-19(9-7-17)14-29-23(32)15-30-25-18(2)4-3-5-22(25)27(26(30)34)31(24(33)16-35-27)21-12-10-20(28)11-13-21/h3-13H,14-16H2,1-2H3,(H,29,32). The quantitative estimate of drug-likeness (QED) is 0.588. The molecule has 3 amide bonds. The predicted octanol–water partition coefficient (Wildman–Crippen LogP) is 4.04. The molecule has 178 valence electrons. The number of rotatable bonds is 5. The Morgan fingerprint density at radius 1 is 1.03 bits per heavy atom. The summed E-state index contributed by atoms with van der Waals surface area (Å²) < 4.78 is 13.6. The summed E-state index contributed by atoms with van der Waals surface area (Å²) in [5.74, 6) is -1.22. The third kappa shape index (κ3) is 3.87. The molecular weight excluding hydrogens is 465 g/mol. The van der Waals surface area contributed by atoms with Crippen LogP contribution in [0, 0.1) is 19.7 Å². The van der Waals surface area contributed by atoms with Crippen molar-refractivity contribution in [3.63, 3.8) is 0 Å². The highest BCUT2D eigenvalue weighted by atomic mass is 32.2. The highest BCUT2D eigenvalue weighted by Crippen LogP contribution is 2.56. The molecule has 6 nitrogen and oxygen atoms in total. The fourth-order valence-electron chi connectivity index (χ4n) is 4.69. The number of anilines is 2. The van der Waals surface area contributed by atoms with E-state index in [-0.39, 0.29) is 30.0 Å². The largest absolute Gasteiger partial charge is 0.350 e. The monoisotopic (exact) mass is 489 g/mol. The molecule has 0 radical (unpaired) electrons. The van der Waals surface area contributed by atoms with Crippen LogP contribution in [0.4, 0.5) is 15.8 Å². The molecule has 1 saturated heterocycles. The van der Waals surface area contributed by atoms with Gasteiger partial charge in [0.05, 0.1) is 11.4 Å². The molecule has 2 aliphatic rings. The van der Waals surface area contributed by atoms with E-state index in [4.69, 9.17) is 0 Å². The summed E-state index contributed by atoms with van der Waals surface area (Å²) in [5.41, 5.74) is 4.66. The summed E-state index contributed by atoms with van der Waals surface area (Å²) in [6.07, 6.45) is 0. The van der Waals surface area contributed by atoms with Crippen molar-refractivity contribution in [2.24, 2.45) is 0 Å². The van der Waals surface area contributed by atoms with Crippen LogP contribution in [0.5, 0.6) is 0 Å². The van der Waals surface area contributed by atoms with Crippen LogP contribution in [0.25, 0.3) is 0 Å². The summed E-state index contributed by atoms with van der Waals surface area (Å²) in [6, 6.07) is 19.0. The Morgan fingerprint density at radius 3 is 2.46 bits per heavy atom. The molecule has 2 aliphatic heterocycles. The van der Waals surface area contributed by atoms with Crippen LogP contribution >= 0.6 is 11.8 Å². The van der Waals surface area contributed by atoms with Gasteiger partial charge in [0.15, 0.2) is 0 Å². The molecule has 2 heterocycles. The van der Waals surface area contributed by atoms with Gasteiger partial charge >= 0.3 is 0 Å². The van der Waals surface area contributed by atoms with Gasteiger partial charge in [0.1, 0.15) is 12.4 Å². The maximum atomic E-state index is 14.0. The molecular formula is C27H24FN3O3S. The van der Waals surface area contributed by atoms with E-state index in [1.165, 1.54) is 45.8 Å². The second-order valence-electron chi connectivity index (χ2n) is 8.76. The fourth-order valence-corrected chi connectivity index (χ4v) is 6.04. The van der Waals surface area contributed by atoms with E-state index >= 15 is 0 Å². The van der Waals surface area contributed by atoms with E-state index in [2.05, 4.69) is 5.32 Å². The Bertz CT molecular complexity index is 1330. The number of fused-ring (bicyclic) bond motifs is 2. The van der Waals surface area contributed by atoms with Gasteiger partial charge in [0.2, 0.25) is 16.7 Å². The first kappa shape index (κ1) is 23.1. The molecule has 1 fully saturated rings. The van der Waals surface area contributed by atoms with Crippen LogP contribution in [0.2, 0.25) is 0 Å². The zero-order valence-corrected chi connectivity index (χ0v) is 20.2. The van der Waals surface area contributed by atoms with Gasteiger partial charge in [-0.15, -0.1) is 11.8 Å². The number of carbonyl (C=O) groups excluding carboxylic acids is 3. The first-order valence-electron chi connectivity index (χ1n) is 11.3. The van der Waals surface area contributed by atoms with Crippen molar-refractivity contribution in [1.82, 2.24) is 5.32 Å². The topological polar surface area (TPSA) is 69.7 Å². The van der Waals surface area contributed by atoms with Crippen LogP contribution < -0.4 is 15.1 Å². The molecule has 35 heavy (non-hydrogen) atoms. The Kier molecular flexibility index (Phi) is 5.84. The van der Waals surface area contributed by atoms with Gasteiger partial charge < -0.3 is 5.32 Å². The predicted molar refractivity (Wildman–Crippen MR) is 135 cm³/mol. The number of hydrogen-bond donors (Lipinski definition) is 1. The van der Waals surface area contributed by atoms with E-state index in [1.807, 2.05) is 56.3 Å². The SMILES string of the molecule is Cc1ccc(CNC(=O)CN2C(=O)C3(SCC(=O)N3c3ccc(F)cc3)c3cccc(C)c32)cc1. The van der Waals surface area contributed by atoms with Crippen molar-refractivity contribution in [1.29, 1.82) is 0 Å². The van der Waals surface area contributed by atoms with Gasteiger partial charge in [-0.2, -0.15) is 0 Å². The minimum atomic E-state index is -1.34. The van der Waals surface area contributed by atoms with Gasteiger partial charge in [0, 0.05) is 17.8 Å². The third-order valence-electron chi connectivity index (χ3n) is 6.37. The van der Waals surface area contributed by atoms with Gasteiger partial charge in [-0.25, -0.2) is 4.39 Å². The number of nitrogens with zero attached hydrogens (tertiary/aromatic N) is 2. The number of halogens is 1. The zero-order chi connectivity index (χ0) is 24.7. The average molecular weight is 490 g/mol. The van der Waals surface area contributed by atoms with Crippen molar-refractivity contribution < 1.29 is 18.8 Å². The number of nitrogens with one attached hydrogen (secondary N) is 1. The van der Waals surface area contributed by atoms with Crippen molar-refractivity contribution in [3.8, 4) is 0 Å². The molecule has 1 atom stereocenters. The van der Waals surface area contributed by atoms with Crippen LogP contribution in [0.1, 0.15) is 22.3 Å². The number of carbonyl (C=O) groups is 3. The average Bonchev–Trinajstić information content (AvgIpc) is 3.31. The van der Waals surface area contributed by atoms with E-state index in [0.29, 0.717) is 23.5 Å². The summed E-state index contributed by atoms with van der Waals surface area (Å²) in [6.45, 7) is 4.06. The lowest BCUT2D eigenvalue weighted by Crippen LogP contribution is -2.51. The highest BCUT2D eigenvalue weighted by molar-refractivity contribution is 8.02. The van der Waals surface area contributed by atoms with Gasteiger partial charge in [-0.1, -0.05) is 48.0 Å². The first-order chi connectivity index (χ1) is 16.8. The molecule has 1 N–H and O–H groups in total. The van der Waals surface area contributed by atoms with Crippen molar-refractivity contribution in [2.45, 2.75) is 25.3 Å². The molecule has 1 unspecified atom stereocenters. The summed E-state index contributed by atoms with van der Waals surface area (Å²) in [5, 5.41) is 2.89. The summed E-state index contributed by atoms with van der Waals surface area (Å²) in [7, 11) is 0. The maximum Gasteiger partial charge on any atom is 0.269 e. The molecule has 8 heteroatoms. The Balaban J connectivity index is 1.48. The molecule has 5 rings (SSSR count). The van der Waals surface area contributed by atoms with Gasteiger partial charge in [0.25, 0.3) is 5.91 Å².